The quantitative estimate of drug-likeness (QED) is 0.894. The predicted molar refractivity (Wildman–Crippen MR) is 81.4 cm³/mol. The van der Waals surface area contributed by atoms with Gasteiger partial charge in [-0.1, -0.05) is 20.8 Å². The Morgan fingerprint density at radius 2 is 2.20 bits per heavy atom. The number of hydrogen-bond donors (Lipinski definition) is 1. The van der Waals surface area contributed by atoms with Gasteiger partial charge in [0.25, 0.3) is 0 Å². The molecule has 5 nitrogen and oxygen atoms in total. The maximum absolute atomic E-state index is 4.47. The zero-order valence-electron chi connectivity index (χ0n) is 13.6. The molecule has 0 amide bonds. The monoisotopic (exact) mass is 279 g/mol. The van der Waals surface area contributed by atoms with Gasteiger partial charge in [0, 0.05) is 31.2 Å². The van der Waals surface area contributed by atoms with Crippen molar-refractivity contribution in [3.05, 3.63) is 12.2 Å². The third-order valence-electron chi connectivity index (χ3n) is 4.18. The third kappa shape index (κ3) is 3.58. The largest absolute Gasteiger partial charge is 0.311 e. The second-order valence-corrected chi connectivity index (χ2v) is 6.93. The summed E-state index contributed by atoms with van der Waals surface area (Å²) in [6, 6.07) is 0.587. The molecule has 1 aromatic rings. The highest BCUT2D eigenvalue weighted by Crippen LogP contribution is 2.21. The van der Waals surface area contributed by atoms with E-state index in [0.717, 1.165) is 32.0 Å². The fourth-order valence-corrected chi connectivity index (χ4v) is 2.72. The average Bonchev–Trinajstić information content (AvgIpc) is 2.78. The van der Waals surface area contributed by atoms with Gasteiger partial charge in [-0.05, 0) is 26.2 Å². The highest BCUT2D eigenvalue weighted by atomic mass is 15.4. The minimum atomic E-state index is 0.167. The molecule has 114 valence electrons. The summed E-state index contributed by atoms with van der Waals surface area (Å²) in [4.78, 5) is 7.01. The summed E-state index contributed by atoms with van der Waals surface area (Å²) in [5.74, 6) is 1.68. The summed E-state index contributed by atoms with van der Waals surface area (Å²) >= 11 is 0. The van der Waals surface area contributed by atoms with E-state index in [-0.39, 0.29) is 5.54 Å². The molecule has 0 aromatic carbocycles. The number of rotatable bonds is 5. The Labute approximate surface area is 122 Å². The van der Waals surface area contributed by atoms with E-state index < -0.39 is 0 Å². The average molecular weight is 279 g/mol. The van der Waals surface area contributed by atoms with Crippen LogP contribution >= 0.6 is 0 Å². The maximum Gasteiger partial charge on any atom is 0.141 e. The molecule has 20 heavy (non-hydrogen) atoms. The van der Waals surface area contributed by atoms with Gasteiger partial charge in [-0.3, -0.25) is 4.90 Å². The van der Waals surface area contributed by atoms with E-state index in [0.29, 0.717) is 12.0 Å². The van der Waals surface area contributed by atoms with Crippen molar-refractivity contribution in [3.63, 3.8) is 0 Å². The normalized spacial score (nSPS) is 23.4. The molecule has 1 saturated heterocycles. The molecule has 1 N–H and O–H groups in total. The van der Waals surface area contributed by atoms with Gasteiger partial charge in [-0.2, -0.15) is 5.10 Å². The topological polar surface area (TPSA) is 46.0 Å². The summed E-state index contributed by atoms with van der Waals surface area (Å²) in [5, 5.41) is 8.00. The molecule has 1 aliphatic rings. The molecule has 5 heteroatoms. The first-order valence-electron chi connectivity index (χ1n) is 7.77. The van der Waals surface area contributed by atoms with E-state index in [9.17, 15) is 0 Å². The zero-order valence-corrected chi connectivity index (χ0v) is 13.6. The molecule has 1 atom stereocenters. The minimum Gasteiger partial charge on any atom is -0.311 e. The zero-order chi connectivity index (χ0) is 14.8. The lowest BCUT2D eigenvalue weighted by Crippen LogP contribution is -2.61. The Balaban J connectivity index is 2.09. The van der Waals surface area contributed by atoms with Gasteiger partial charge in [-0.15, -0.1) is 0 Å². The van der Waals surface area contributed by atoms with Crippen LogP contribution in [0.15, 0.2) is 6.33 Å². The molecular weight excluding hydrogens is 250 g/mol. The first-order chi connectivity index (χ1) is 9.42. The van der Waals surface area contributed by atoms with Gasteiger partial charge in [0.1, 0.15) is 12.2 Å². The Hall–Kier alpha value is -0.940. The Kier molecular flexibility index (Phi) is 4.81. The second kappa shape index (κ2) is 6.22. The molecule has 1 aromatic heterocycles. The molecule has 0 radical (unpaired) electrons. The molecule has 0 spiro atoms. The standard InChI is InChI=1S/C15H29N5/c1-6-13-8-19(15(4,5)10-16-13)9-14-17-11-18-20(14)7-12(2)3/h11-13,16H,6-10H2,1-5H3. The van der Waals surface area contributed by atoms with Crippen molar-refractivity contribution < 1.29 is 0 Å². The van der Waals surface area contributed by atoms with Gasteiger partial charge < -0.3 is 5.32 Å². The van der Waals surface area contributed by atoms with Crippen molar-refractivity contribution >= 4 is 0 Å². The molecule has 0 bridgehead atoms. The van der Waals surface area contributed by atoms with E-state index in [1.54, 1.807) is 6.33 Å². The van der Waals surface area contributed by atoms with Gasteiger partial charge in [0.2, 0.25) is 0 Å². The lowest BCUT2D eigenvalue weighted by molar-refractivity contribution is 0.0537. The summed E-state index contributed by atoms with van der Waals surface area (Å²) in [6.07, 6.45) is 2.86. The van der Waals surface area contributed by atoms with Crippen LogP contribution in [0.1, 0.15) is 46.9 Å². The van der Waals surface area contributed by atoms with Crippen LogP contribution in [0, 0.1) is 5.92 Å². The van der Waals surface area contributed by atoms with Crippen LogP contribution in [0.4, 0.5) is 0 Å². The lowest BCUT2D eigenvalue weighted by Gasteiger charge is -2.45. The number of nitrogens with zero attached hydrogens (tertiary/aromatic N) is 4. The summed E-state index contributed by atoms with van der Waals surface area (Å²) in [7, 11) is 0. The van der Waals surface area contributed by atoms with Crippen LogP contribution < -0.4 is 5.32 Å². The number of piperazine rings is 1. The predicted octanol–water partition coefficient (Wildman–Crippen LogP) is 1.90. The highest BCUT2D eigenvalue weighted by Gasteiger charge is 2.34. The van der Waals surface area contributed by atoms with Gasteiger partial charge in [0.15, 0.2) is 0 Å². The first kappa shape index (κ1) is 15.4. The van der Waals surface area contributed by atoms with Gasteiger partial charge >= 0.3 is 0 Å². The smallest absolute Gasteiger partial charge is 0.141 e. The van der Waals surface area contributed by atoms with Crippen LogP contribution in [0.3, 0.4) is 0 Å². The number of hydrogen-bond acceptors (Lipinski definition) is 4. The molecule has 1 aliphatic heterocycles. The van der Waals surface area contributed by atoms with Crippen molar-refractivity contribution in [1.29, 1.82) is 0 Å². The molecule has 1 fully saturated rings. The molecule has 2 rings (SSSR count). The fraction of sp³-hybridized carbons (Fsp3) is 0.867. The fourth-order valence-electron chi connectivity index (χ4n) is 2.72. The van der Waals surface area contributed by atoms with Crippen LogP contribution in [-0.2, 0) is 13.1 Å². The van der Waals surface area contributed by atoms with Crippen molar-refractivity contribution in [2.45, 2.75) is 65.7 Å². The maximum atomic E-state index is 4.47. The van der Waals surface area contributed by atoms with E-state index >= 15 is 0 Å². The van der Waals surface area contributed by atoms with Crippen molar-refractivity contribution in [3.8, 4) is 0 Å². The molecule has 0 saturated carbocycles. The summed E-state index contributed by atoms with van der Waals surface area (Å²) < 4.78 is 2.06. The van der Waals surface area contributed by atoms with E-state index in [1.165, 1.54) is 6.42 Å². The Morgan fingerprint density at radius 1 is 1.45 bits per heavy atom. The highest BCUT2D eigenvalue weighted by molar-refractivity contribution is 4.96. The van der Waals surface area contributed by atoms with E-state index in [2.05, 4.69) is 59.6 Å². The van der Waals surface area contributed by atoms with Crippen LogP contribution in [0.5, 0.6) is 0 Å². The molecule has 1 unspecified atom stereocenters. The first-order valence-corrected chi connectivity index (χ1v) is 7.77. The molecule has 2 heterocycles. The minimum absolute atomic E-state index is 0.167. The molecule has 0 aliphatic carbocycles. The summed E-state index contributed by atoms with van der Waals surface area (Å²) in [5.41, 5.74) is 0.167. The van der Waals surface area contributed by atoms with Crippen LogP contribution in [0.25, 0.3) is 0 Å². The Bertz CT molecular complexity index is 424. The third-order valence-corrected chi connectivity index (χ3v) is 4.18. The lowest BCUT2D eigenvalue weighted by atomic mass is 9.96. The Morgan fingerprint density at radius 3 is 2.85 bits per heavy atom. The van der Waals surface area contributed by atoms with E-state index in [1.807, 2.05) is 0 Å². The molecular formula is C15H29N5. The van der Waals surface area contributed by atoms with Gasteiger partial charge in [-0.25, -0.2) is 9.67 Å². The van der Waals surface area contributed by atoms with Crippen molar-refractivity contribution in [2.75, 3.05) is 13.1 Å². The summed E-state index contributed by atoms with van der Waals surface area (Å²) in [6.45, 7) is 15.2. The van der Waals surface area contributed by atoms with Crippen molar-refractivity contribution in [1.82, 2.24) is 25.0 Å². The van der Waals surface area contributed by atoms with Crippen LogP contribution in [-0.4, -0.2) is 44.3 Å². The second-order valence-electron chi connectivity index (χ2n) is 6.93. The van der Waals surface area contributed by atoms with E-state index in [4.69, 9.17) is 0 Å². The van der Waals surface area contributed by atoms with Gasteiger partial charge in [0.05, 0.1) is 6.54 Å². The number of aromatic nitrogens is 3. The number of nitrogens with one attached hydrogen (secondary N) is 1. The van der Waals surface area contributed by atoms with Crippen LogP contribution in [0.2, 0.25) is 0 Å². The SMILES string of the molecule is CCC1CN(Cc2ncnn2CC(C)C)C(C)(C)CN1. The van der Waals surface area contributed by atoms with Crippen molar-refractivity contribution in [2.24, 2.45) is 5.92 Å².